The third-order valence-electron chi connectivity index (χ3n) is 5.59. The molecule has 0 aliphatic carbocycles. The van der Waals surface area contributed by atoms with Gasteiger partial charge in [-0.3, -0.25) is 14.4 Å². The zero-order chi connectivity index (χ0) is 23.5. The quantitative estimate of drug-likeness (QED) is 0.516. The fourth-order valence-electron chi connectivity index (χ4n) is 3.89. The first-order valence-electron chi connectivity index (χ1n) is 10.2. The molecule has 32 heavy (non-hydrogen) atoms. The van der Waals surface area contributed by atoms with Crippen LogP contribution in [0.15, 0.2) is 12.1 Å². The van der Waals surface area contributed by atoms with E-state index in [0.29, 0.717) is 30.6 Å². The molecule has 0 radical (unpaired) electrons. The van der Waals surface area contributed by atoms with Crippen LogP contribution in [0.1, 0.15) is 18.2 Å². The van der Waals surface area contributed by atoms with Crippen LogP contribution in [-0.2, 0) is 35.6 Å². The van der Waals surface area contributed by atoms with Crippen LogP contribution in [0.5, 0.6) is 0 Å². The number of carboxylic acids is 1. The van der Waals surface area contributed by atoms with Gasteiger partial charge in [-0.2, -0.15) is 4.31 Å². The van der Waals surface area contributed by atoms with Crippen molar-refractivity contribution in [3.05, 3.63) is 21.3 Å². The minimum atomic E-state index is -4.06. The first-order chi connectivity index (χ1) is 15.1. The number of aryl methyl sites for hydroxylation is 1. The minimum Gasteiger partial charge on any atom is -0.480 e. The molecule has 1 aromatic heterocycles. The molecule has 0 aromatic carbocycles. The average Bonchev–Trinajstić information content (AvgIpc) is 3.35. The molecule has 2 fully saturated rings. The minimum absolute atomic E-state index is 0.122. The maximum atomic E-state index is 13.1. The normalized spacial score (nSPS) is 20.7. The molecule has 1 unspecified atom stereocenters. The number of amides is 2. The molecule has 13 heteroatoms. The Balaban J connectivity index is 1.72. The van der Waals surface area contributed by atoms with Crippen LogP contribution in [0.2, 0.25) is 4.34 Å². The predicted molar refractivity (Wildman–Crippen MR) is 118 cm³/mol. The third kappa shape index (κ3) is 5.79. The number of likely N-dealkylation sites (tertiary alicyclic amines) is 1. The van der Waals surface area contributed by atoms with Gasteiger partial charge in [-0.05, 0) is 31.9 Å². The number of carbonyl (C=O) groups is 3. The van der Waals surface area contributed by atoms with Gasteiger partial charge >= 0.3 is 5.97 Å². The smallest absolute Gasteiger partial charge is 0.318 e. The van der Waals surface area contributed by atoms with Crippen molar-refractivity contribution >= 4 is 50.7 Å². The summed E-state index contributed by atoms with van der Waals surface area (Å²) in [7, 11) is -4.06. The zero-order valence-electron chi connectivity index (χ0n) is 17.6. The van der Waals surface area contributed by atoms with Gasteiger partial charge in [-0.15, -0.1) is 11.3 Å². The second kappa shape index (κ2) is 10.5. The highest BCUT2D eigenvalue weighted by Gasteiger charge is 2.45. The van der Waals surface area contributed by atoms with Crippen LogP contribution in [-0.4, -0.2) is 103 Å². The van der Waals surface area contributed by atoms with E-state index < -0.39 is 40.5 Å². The van der Waals surface area contributed by atoms with Gasteiger partial charge in [0.1, 0.15) is 18.6 Å². The number of morpholine rings is 1. The Morgan fingerprint density at radius 2 is 2.00 bits per heavy atom. The van der Waals surface area contributed by atoms with Crippen molar-refractivity contribution in [3.63, 3.8) is 0 Å². The van der Waals surface area contributed by atoms with Crippen molar-refractivity contribution in [3.8, 4) is 0 Å². The molecule has 0 spiro atoms. The number of aliphatic carboxylic acids is 1. The van der Waals surface area contributed by atoms with Crippen molar-refractivity contribution in [2.24, 2.45) is 0 Å². The largest absolute Gasteiger partial charge is 0.480 e. The van der Waals surface area contributed by atoms with Crippen LogP contribution in [0.4, 0.5) is 0 Å². The summed E-state index contributed by atoms with van der Waals surface area (Å²) in [5.41, 5.74) is 0. The number of ether oxygens (including phenoxy) is 1. The standard InChI is InChI=1S/C19H26ClN3O7S2/c1-13(18(26)21-7-9-30-10-8-21)22-6-4-15(19(22)27)23(12-17(24)25)32(28,29)11-5-14-2-3-16(20)31-14/h2-3,13,15H,4-12H2,1H3,(H,24,25)/t13-,15?/m0/s1. The predicted octanol–water partition coefficient (Wildman–Crippen LogP) is 0.509. The third-order valence-corrected chi connectivity index (χ3v) is 8.70. The number of hydrogen-bond acceptors (Lipinski definition) is 7. The van der Waals surface area contributed by atoms with E-state index in [9.17, 15) is 27.9 Å². The molecule has 2 aliphatic rings. The Bertz CT molecular complexity index is 962. The van der Waals surface area contributed by atoms with Gasteiger partial charge < -0.3 is 19.6 Å². The summed E-state index contributed by atoms with van der Waals surface area (Å²) in [6.07, 6.45) is 0.281. The summed E-state index contributed by atoms with van der Waals surface area (Å²) in [6.45, 7) is 2.68. The highest BCUT2D eigenvalue weighted by atomic mass is 35.5. The molecule has 3 heterocycles. The second-order valence-electron chi connectivity index (χ2n) is 7.66. The number of halogens is 1. The van der Waals surface area contributed by atoms with Gasteiger partial charge in [0.15, 0.2) is 0 Å². The molecule has 1 aromatic rings. The maximum Gasteiger partial charge on any atom is 0.318 e. The van der Waals surface area contributed by atoms with Gasteiger partial charge in [0.05, 0.1) is 23.3 Å². The van der Waals surface area contributed by atoms with Gasteiger partial charge in [0, 0.05) is 24.5 Å². The van der Waals surface area contributed by atoms with Crippen molar-refractivity contribution < 1.29 is 32.6 Å². The van der Waals surface area contributed by atoms with E-state index in [0.717, 1.165) is 9.18 Å². The van der Waals surface area contributed by atoms with Crippen LogP contribution in [0.3, 0.4) is 0 Å². The van der Waals surface area contributed by atoms with Crippen LogP contribution in [0.25, 0.3) is 0 Å². The number of nitrogens with zero attached hydrogens (tertiary/aromatic N) is 3. The van der Waals surface area contributed by atoms with Crippen molar-refractivity contribution in [2.75, 3.05) is 45.1 Å². The van der Waals surface area contributed by atoms with Crippen molar-refractivity contribution in [1.29, 1.82) is 0 Å². The van der Waals surface area contributed by atoms with Gasteiger partial charge in [-0.25, -0.2) is 8.42 Å². The highest BCUT2D eigenvalue weighted by Crippen LogP contribution is 2.26. The number of carboxylic acid groups (broad SMARTS) is 1. The molecule has 3 rings (SSSR count). The van der Waals surface area contributed by atoms with E-state index in [4.69, 9.17) is 16.3 Å². The van der Waals surface area contributed by atoms with E-state index in [1.807, 2.05) is 0 Å². The number of sulfonamides is 1. The molecule has 0 bridgehead atoms. The summed E-state index contributed by atoms with van der Waals surface area (Å²) < 4.78 is 32.6. The zero-order valence-corrected chi connectivity index (χ0v) is 20.0. The van der Waals surface area contributed by atoms with Gasteiger partial charge in [0.2, 0.25) is 21.8 Å². The second-order valence-corrected chi connectivity index (χ2v) is 11.5. The van der Waals surface area contributed by atoms with Crippen molar-refractivity contribution in [1.82, 2.24) is 14.1 Å². The molecular weight excluding hydrogens is 482 g/mol. The first-order valence-corrected chi connectivity index (χ1v) is 13.0. The number of carbonyl (C=O) groups excluding carboxylic acids is 2. The number of hydrogen-bond donors (Lipinski definition) is 1. The molecule has 0 saturated carbocycles. The van der Waals surface area contributed by atoms with Gasteiger partial charge in [-0.1, -0.05) is 11.6 Å². The Morgan fingerprint density at radius 3 is 2.59 bits per heavy atom. The molecule has 10 nitrogen and oxygen atoms in total. The SMILES string of the molecule is C[C@@H](C(=O)N1CCOCC1)N1CCC(N(CC(=O)O)S(=O)(=O)CCc2ccc(Cl)s2)C1=O. The molecular formula is C19H26ClN3O7S2. The lowest BCUT2D eigenvalue weighted by Crippen LogP contribution is -2.53. The van der Waals surface area contributed by atoms with E-state index in [1.54, 1.807) is 24.0 Å². The molecule has 2 aliphatic heterocycles. The van der Waals surface area contributed by atoms with Gasteiger partial charge in [0.25, 0.3) is 0 Å². The van der Waals surface area contributed by atoms with E-state index in [-0.39, 0.29) is 31.0 Å². The summed E-state index contributed by atoms with van der Waals surface area (Å²) in [6, 6.07) is 1.45. The van der Waals surface area contributed by atoms with E-state index in [2.05, 4.69) is 0 Å². The molecule has 2 atom stereocenters. The fourth-order valence-corrected chi connectivity index (χ4v) is 6.71. The summed E-state index contributed by atoms with van der Waals surface area (Å²) in [5, 5.41) is 9.30. The average molecular weight is 508 g/mol. The monoisotopic (exact) mass is 507 g/mol. The topological polar surface area (TPSA) is 125 Å². The first kappa shape index (κ1) is 24.9. The number of thiophene rings is 1. The van der Waals surface area contributed by atoms with Crippen molar-refractivity contribution in [2.45, 2.75) is 31.8 Å². The Kier molecular flexibility index (Phi) is 8.15. The maximum absolute atomic E-state index is 13.1. The molecule has 2 amide bonds. The Labute approximate surface area is 195 Å². The Morgan fingerprint density at radius 1 is 1.31 bits per heavy atom. The van der Waals surface area contributed by atoms with Crippen LogP contribution >= 0.6 is 22.9 Å². The van der Waals surface area contributed by atoms with E-state index >= 15 is 0 Å². The lowest BCUT2D eigenvalue weighted by Gasteiger charge is -2.33. The number of rotatable bonds is 9. The summed E-state index contributed by atoms with van der Waals surface area (Å²) >= 11 is 7.13. The molecule has 1 N–H and O–H groups in total. The van der Waals surface area contributed by atoms with E-state index in [1.165, 1.54) is 16.2 Å². The summed E-state index contributed by atoms with van der Waals surface area (Å²) in [5.74, 6) is -2.48. The summed E-state index contributed by atoms with van der Waals surface area (Å²) in [4.78, 5) is 41.0. The van der Waals surface area contributed by atoms with Crippen LogP contribution < -0.4 is 0 Å². The Hall–Kier alpha value is -1.73. The highest BCUT2D eigenvalue weighted by molar-refractivity contribution is 7.89. The fraction of sp³-hybridized carbons (Fsp3) is 0.632. The van der Waals surface area contributed by atoms with Crippen LogP contribution in [0, 0.1) is 0 Å². The molecule has 2 saturated heterocycles. The molecule has 178 valence electrons. The lowest BCUT2D eigenvalue weighted by molar-refractivity contribution is -0.147. The lowest BCUT2D eigenvalue weighted by atomic mass is 10.2.